The van der Waals surface area contributed by atoms with Gasteiger partial charge in [0, 0.05) is 18.7 Å². The summed E-state index contributed by atoms with van der Waals surface area (Å²) >= 11 is 0. The number of rotatable bonds is 7. The quantitative estimate of drug-likeness (QED) is 0.766. The lowest BCUT2D eigenvalue weighted by atomic mass is 9.96. The maximum absolute atomic E-state index is 13.1. The molecule has 2 aromatic rings. The maximum atomic E-state index is 13.1. The predicted octanol–water partition coefficient (Wildman–Crippen LogP) is 3.86. The van der Waals surface area contributed by atoms with Crippen LogP contribution in [-0.2, 0) is 0 Å². The van der Waals surface area contributed by atoms with Gasteiger partial charge in [-0.25, -0.2) is 0 Å². The molecule has 0 saturated carbocycles. The van der Waals surface area contributed by atoms with Crippen molar-refractivity contribution < 1.29 is 19.0 Å². The SMILES string of the molecule is CCN(CC)C(=O)c1cc(OC)c(OC)c(OC)c1-c1ccccc1. The molecule has 5 heteroatoms. The van der Waals surface area contributed by atoms with Gasteiger partial charge in [-0.1, -0.05) is 30.3 Å². The van der Waals surface area contributed by atoms with E-state index in [1.807, 2.05) is 44.2 Å². The molecule has 0 atom stereocenters. The van der Waals surface area contributed by atoms with E-state index in [1.54, 1.807) is 32.3 Å². The van der Waals surface area contributed by atoms with Gasteiger partial charge in [0.2, 0.25) is 5.75 Å². The summed E-state index contributed by atoms with van der Waals surface area (Å²) in [5, 5.41) is 0. The summed E-state index contributed by atoms with van der Waals surface area (Å²) in [5.74, 6) is 1.36. The number of benzene rings is 2. The number of ether oxygens (including phenoxy) is 3. The Hall–Kier alpha value is -2.69. The Morgan fingerprint density at radius 3 is 2.00 bits per heavy atom. The zero-order valence-electron chi connectivity index (χ0n) is 15.5. The van der Waals surface area contributed by atoms with Gasteiger partial charge >= 0.3 is 0 Å². The van der Waals surface area contributed by atoms with E-state index in [1.165, 1.54) is 0 Å². The summed E-state index contributed by atoms with van der Waals surface area (Å²) in [4.78, 5) is 14.9. The van der Waals surface area contributed by atoms with Crippen molar-refractivity contribution in [3.63, 3.8) is 0 Å². The third kappa shape index (κ3) is 3.55. The van der Waals surface area contributed by atoms with E-state index in [0.29, 0.717) is 41.5 Å². The molecule has 0 aliphatic heterocycles. The molecule has 0 aliphatic rings. The molecule has 0 aromatic heterocycles. The van der Waals surface area contributed by atoms with Gasteiger partial charge < -0.3 is 19.1 Å². The van der Waals surface area contributed by atoms with Crippen molar-refractivity contribution >= 4 is 5.91 Å². The summed E-state index contributed by atoms with van der Waals surface area (Å²) in [5.41, 5.74) is 2.12. The van der Waals surface area contributed by atoms with E-state index in [0.717, 1.165) is 5.56 Å². The molecule has 0 saturated heterocycles. The van der Waals surface area contributed by atoms with Crippen LogP contribution in [0, 0.1) is 0 Å². The van der Waals surface area contributed by atoms with E-state index in [9.17, 15) is 4.79 Å². The first-order valence-corrected chi connectivity index (χ1v) is 8.30. The van der Waals surface area contributed by atoms with Crippen molar-refractivity contribution in [2.24, 2.45) is 0 Å². The number of hydrogen-bond donors (Lipinski definition) is 0. The highest BCUT2D eigenvalue weighted by molar-refractivity contribution is 6.04. The van der Waals surface area contributed by atoms with Crippen molar-refractivity contribution in [3.8, 4) is 28.4 Å². The van der Waals surface area contributed by atoms with Crippen LogP contribution in [0.25, 0.3) is 11.1 Å². The first kappa shape index (κ1) is 18.6. The molecule has 2 aromatic carbocycles. The lowest BCUT2D eigenvalue weighted by Gasteiger charge is -2.24. The number of carbonyl (C=O) groups excluding carboxylic acids is 1. The summed E-state index contributed by atoms with van der Waals surface area (Å²) in [6.07, 6.45) is 0. The minimum atomic E-state index is -0.0666. The second-order valence-corrected chi connectivity index (χ2v) is 5.41. The van der Waals surface area contributed by atoms with Crippen LogP contribution in [0.3, 0.4) is 0 Å². The Labute approximate surface area is 149 Å². The Morgan fingerprint density at radius 1 is 0.920 bits per heavy atom. The number of methoxy groups -OCH3 is 3. The van der Waals surface area contributed by atoms with E-state index >= 15 is 0 Å². The topological polar surface area (TPSA) is 48.0 Å². The summed E-state index contributed by atoms with van der Waals surface area (Å²) in [6, 6.07) is 11.4. The van der Waals surface area contributed by atoms with Gasteiger partial charge in [-0.3, -0.25) is 4.79 Å². The maximum Gasteiger partial charge on any atom is 0.254 e. The molecule has 5 nitrogen and oxygen atoms in total. The smallest absolute Gasteiger partial charge is 0.254 e. The first-order chi connectivity index (χ1) is 12.1. The van der Waals surface area contributed by atoms with E-state index in [2.05, 4.69) is 0 Å². The second kappa shape index (κ2) is 8.42. The third-order valence-corrected chi connectivity index (χ3v) is 4.17. The monoisotopic (exact) mass is 343 g/mol. The molecule has 134 valence electrons. The molecule has 0 fully saturated rings. The highest BCUT2D eigenvalue weighted by atomic mass is 16.5. The largest absolute Gasteiger partial charge is 0.493 e. The first-order valence-electron chi connectivity index (χ1n) is 8.30. The second-order valence-electron chi connectivity index (χ2n) is 5.41. The number of hydrogen-bond acceptors (Lipinski definition) is 4. The van der Waals surface area contributed by atoms with Crippen LogP contribution in [0.1, 0.15) is 24.2 Å². The molecular weight excluding hydrogens is 318 g/mol. The fourth-order valence-corrected chi connectivity index (χ4v) is 2.90. The van der Waals surface area contributed by atoms with Crippen LogP contribution in [0.5, 0.6) is 17.2 Å². The molecule has 0 heterocycles. The van der Waals surface area contributed by atoms with E-state index < -0.39 is 0 Å². The minimum Gasteiger partial charge on any atom is -0.493 e. The van der Waals surface area contributed by atoms with Crippen molar-refractivity contribution in [2.75, 3.05) is 34.4 Å². The third-order valence-electron chi connectivity index (χ3n) is 4.17. The Balaban J connectivity index is 2.82. The van der Waals surface area contributed by atoms with Gasteiger partial charge in [0.15, 0.2) is 11.5 Å². The lowest BCUT2D eigenvalue weighted by Crippen LogP contribution is -2.31. The van der Waals surface area contributed by atoms with Crippen molar-refractivity contribution in [1.29, 1.82) is 0 Å². The van der Waals surface area contributed by atoms with Gasteiger partial charge in [-0.15, -0.1) is 0 Å². The fourth-order valence-electron chi connectivity index (χ4n) is 2.90. The Bertz CT molecular complexity index is 724. The van der Waals surface area contributed by atoms with Crippen molar-refractivity contribution in [2.45, 2.75) is 13.8 Å². The molecule has 0 unspecified atom stereocenters. The van der Waals surface area contributed by atoms with Gasteiger partial charge in [-0.2, -0.15) is 0 Å². The summed E-state index contributed by atoms with van der Waals surface area (Å²) in [6.45, 7) is 5.17. The van der Waals surface area contributed by atoms with Gasteiger partial charge in [-0.05, 0) is 25.5 Å². The van der Waals surface area contributed by atoms with Crippen molar-refractivity contribution in [3.05, 3.63) is 42.0 Å². The normalized spacial score (nSPS) is 10.3. The van der Waals surface area contributed by atoms with Crippen LogP contribution < -0.4 is 14.2 Å². The van der Waals surface area contributed by atoms with Crippen LogP contribution in [0.4, 0.5) is 0 Å². The molecule has 0 bridgehead atoms. The van der Waals surface area contributed by atoms with E-state index in [4.69, 9.17) is 14.2 Å². The average Bonchev–Trinajstić information content (AvgIpc) is 2.67. The zero-order valence-corrected chi connectivity index (χ0v) is 15.5. The standard InChI is InChI=1S/C20H25NO4/c1-6-21(7-2)20(22)15-13-16(23-3)18(24-4)19(25-5)17(15)14-11-9-8-10-12-14/h8-13H,6-7H2,1-5H3. The van der Waals surface area contributed by atoms with Crippen molar-refractivity contribution in [1.82, 2.24) is 4.90 Å². The van der Waals surface area contributed by atoms with Crippen LogP contribution in [0.2, 0.25) is 0 Å². The molecule has 0 radical (unpaired) electrons. The van der Waals surface area contributed by atoms with Crippen LogP contribution in [-0.4, -0.2) is 45.2 Å². The van der Waals surface area contributed by atoms with Gasteiger partial charge in [0.1, 0.15) is 0 Å². The number of nitrogens with zero attached hydrogens (tertiary/aromatic N) is 1. The zero-order chi connectivity index (χ0) is 18.4. The summed E-state index contributed by atoms with van der Waals surface area (Å²) < 4.78 is 16.6. The van der Waals surface area contributed by atoms with Gasteiger partial charge in [0.05, 0.1) is 26.9 Å². The lowest BCUT2D eigenvalue weighted by molar-refractivity contribution is 0.0773. The predicted molar refractivity (Wildman–Crippen MR) is 98.8 cm³/mol. The number of amides is 1. The average molecular weight is 343 g/mol. The molecule has 0 spiro atoms. The Kier molecular flexibility index (Phi) is 6.28. The Morgan fingerprint density at radius 2 is 1.52 bits per heavy atom. The highest BCUT2D eigenvalue weighted by Crippen LogP contribution is 2.47. The fraction of sp³-hybridized carbons (Fsp3) is 0.350. The molecule has 25 heavy (non-hydrogen) atoms. The van der Waals surface area contributed by atoms with Crippen LogP contribution >= 0.6 is 0 Å². The van der Waals surface area contributed by atoms with E-state index in [-0.39, 0.29) is 5.91 Å². The van der Waals surface area contributed by atoms with Crippen LogP contribution in [0.15, 0.2) is 36.4 Å². The minimum absolute atomic E-state index is 0.0666. The highest BCUT2D eigenvalue weighted by Gasteiger charge is 2.27. The molecule has 2 rings (SSSR count). The molecule has 1 amide bonds. The molecule has 0 aliphatic carbocycles. The number of carbonyl (C=O) groups is 1. The molecule has 0 N–H and O–H groups in total. The molecular formula is C20H25NO4. The summed E-state index contributed by atoms with van der Waals surface area (Å²) in [7, 11) is 4.67. The van der Waals surface area contributed by atoms with Gasteiger partial charge in [0.25, 0.3) is 5.91 Å².